The second-order valence-corrected chi connectivity index (χ2v) is 7.45. The third kappa shape index (κ3) is 4.39. The molecule has 102 valence electrons. The first-order valence-corrected chi connectivity index (χ1v) is 8.31. The van der Waals surface area contributed by atoms with Crippen molar-refractivity contribution in [1.29, 1.82) is 0 Å². The van der Waals surface area contributed by atoms with Crippen LogP contribution in [-0.4, -0.2) is 7.11 Å². The number of rotatable bonds is 6. The molecule has 0 amide bonds. The standard InChI is InChI=1S/C14H15Br2NOS/c1-18-9-11-5-3-2-4-10(11)7-17-8-12-6-13(15)14(16)19-12/h2-6,17H,7-9H2,1H3. The highest BCUT2D eigenvalue weighted by molar-refractivity contribution is 9.13. The Morgan fingerprint density at radius 3 is 2.53 bits per heavy atom. The topological polar surface area (TPSA) is 21.3 Å². The van der Waals surface area contributed by atoms with Crippen LogP contribution in [0.2, 0.25) is 0 Å². The van der Waals surface area contributed by atoms with Crippen molar-refractivity contribution in [2.75, 3.05) is 7.11 Å². The molecule has 1 aromatic heterocycles. The first-order valence-electron chi connectivity index (χ1n) is 5.91. The molecule has 0 aliphatic carbocycles. The first-order chi connectivity index (χ1) is 9.20. The summed E-state index contributed by atoms with van der Waals surface area (Å²) in [4.78, 5) is 1.31. The normalized spacial score (nSPS) is 10.9. The van der Waals surface area contributed by atoms with Gasteiger partial charge in [-0.3, -0.25) is 0 Å². The summed E-state index contributed by atoms with van der Waals surface area (Å²) < 4.78 is 7.48. The molecule has 2 rings (SSSR count). The molecule has 0 atom stereocenters. The zero-order chi connectivity index (χ0) is 13.7. The third-order valence-electron chi connectivity index (χ3n) is 2.73. The van der Waals surface area contributed by atoms with Gasteiger partial charge in [0.25, 0.3) is 0 Å². The average Bonchev–Trinajstić information content (AvgIpc) is 2.71. The number of hydrogen-bond donors (Lipinski definition) is 1. The Morgan fingerprint density at radius 2 is 1.89 bits per heavy atom. The quantitative estimate of drug-likeness (QED) is 0.752. The number of methoxy groups -OCH3 is 1. The van der Waals surface area contributed by atoms with Crippen LogP contribution in [-0.2, 0) is 24.4 Å². The van der Waals surface area contributed by atoms with Crippen molar-refractivity contribution in [2.24, 2.45) is 0 Å². The monoisotopic (exact) mass is 403 g/mol. The third-order valence-corrected chi connectivity index (χ3v) is 5.99. The van der Waals surface area contributed by atoms with E-state index in [0.29, 0.717) is 6.61 Å². The summed E-state index contributed by atoms with van der Waals surface area (Å²) in [6, 6.07) is 10.5. The predicted molar refractivity (Wildman–Crippen MR) is 87.4 cm³/mol. The van der Waals surface area contributed by atoms with Crippen molar-refractivity contribution in [3.8, 4) is 0 Å². The molecule has 0 spiro atoms. The lowest BCUT2D eigenvalue weighted by atomic mass is 10.1. The van der Waals surface area contributed by atoms with Crippen LogP contribution >= 0.6 is 43.2 Å². The molecular weight excluding hydrogens is 390 g/mol. The van der Waals surface area contributed by atoms with Gasteiger partial charge < -0.3 is 10.1 Å². The van der Waals surface area contributed by atoms with Crippen molar-refractivity contribution in [2.45, 2.75) is 19.7 Å². The fourth-order valence-corrected chi connectivity index (χ4v) is 3.97. The maximum Gasteiger partial charge on any atom is 0.0843 e. The van der Waals surface area contributed by atoms with Crippen LogP contribution in [0.4, 0.5) is 0 Å². The van der Waals surface area contributed by atoms with Gasteiger partial charge in [0.15, 0.2) is 0 Å². The van der Waals surface area contributed by atoms with Gasteiger partial charge in [0.2, 0.25) is 0 Å². The minimum atomic E-state index is 0.661. The summed E-state index contributed by atoms with van der Waals surface area (Å²) in [7, 11) is 1.73. The van der Waals surface area contributed by atoms with Crippen LogP contribution in [0, 0.1) is 0 Å². The van der Waals surface area contributed by atoms with E-state index in [1.165, 1.54) is 16.0 Å². The fourth-order valence-electron chi connectivity index (χ4n) is 1.83. The van der Waals surface area contributed by atoms with Crippen molar-refractivity contribution in [3.05, 3.63) is 54.6 Å². The predicted octanol–water partition coefficient (Wildman–Crippen LogP) is 4.71. The Bertz CT molecular complexity index is 522. The molecule has 1 N–H and O–H groups in total. The van der Waals surface area contributed by atoms with Gasteiger partial charge in [0, 0.05) is 29.5 Å². The van der Waals surface area contributed by atoms with Crippen LogP contribution in [0.15, 0.2) is 38.6 Å². The fraction of sp³-hybridized carbons (Fsp3) is 0.286. The van der Waals surface area contributed by atoms with Crippen LogP contribution in [0.25, 0.3) is 0 Å². The molecule has 0 radical (unpaired) electrons. The zero-order valence-electron chi connectivity index (χ0n) is 10.6. The molecule has 0 saturated carbocycles. The lowest BCUT2D eigenvalue weighted by molar-refractivity contribution is 0.184. The molecule has 0 aliphatic rings. The Hall–Kier alpha value is -0.200. The van der Waals surface area contributed by atoms with E-state index in [9.17, 15) is 0 Å². The van der Waals surface area contributed by atoms with E-state index in [-0.39, 0.29) is 0 Å². The molecule has 0 saturated heterocycles. The lowest BCUT2D eigenvalue weighted by Gasteiger charge is -2.09. The smallest absolute Gasteiger partial charge is 0.0843 e. The molecule has 0 unspecified atom stereocenters. The number of benzene rings is 1. The minimum absolute atomic E-state index is 0.661. The molecule has 0 aliphatic heterocycles. The van der Waals surface area contributed by atoms with Crippen LogP contribution in [0.3, 0.4) is 0 Å². The van der Waals surface area contributed by atoms with Crippen molar-refractivity contribution in [1.82, 2.24) is 5.32 Å². The zero-order valence-corrected chi connectivity index (χ0v) is 14.6. The summed E-state index contributed by atoms with van der Waals surface area (Å²) in [5, 5.41) is 3.47. The minimum Gasteiger partial charge on any atom is -0.380 e. The second-order valence-electron chi connectivity index (χ2n) is 4.14. The maximum atomic E-state index is 5.21. The van der Waals surface area contributed by atoms with E-state index >= 15 is 0 Å². The van der Waals surface area contributed by atoms with Gasteiger partial charge >= 0.3 is 0 Å². The van der Waals surface area contributed by atoms with E-state index in [0.717, 1.165) is 21.3 Å². The molecular formula is C14H15Br2NOS. The number of nitrogens with one attached hydrogen (secondary N) is 1. The highest BCUT2D eigenvalue weighted by Crippen LogP contribution is 2.32. The van der Waals surface area contributed by atoms with Crippen LogP contribution < -0.4 is 5.32 Å². The molecule has 0 fully saturated rings. The van der Waals surface area contributed by atoms with Crippen molar-refractivity contribution >= 4 is 43.2 Å². The molecule has 19 heavy (non-hydrogen) atoms. The molecule has 2 aromatic rings. The Labute approximate surface area is 134 Å². The van der Waals surface area contributed by atoms with Gasteiger partial charge in [-0.2, -0.15) is 0 Å². The molecule has 2 nitrogen and oxygen atoms in total. The van der Waals surface area contributed by atoms with E-state index in [2.05, 4.69) is 61.4 Å². The summed E-state index contributed by atoms with van der Waals surface area (Å²) in [5.41, 5.74) is 2.53. The van der Waals surface area contributed by atoms with Crippen molar-refractivity contribution < 1.29 is 4.74 Å². The average molecular weight is 405 g/mol. The Balaban J connectivity index is 1.92. The highest BCUT2D eigenvalue weighted by atomic mass is 79.9. The van der Waals surface area contributed by atoms with Crippen molar-refractivity contribution in [3.63, 3.8) is 0 Å². The molecule has 0 bridgehead atoms. The summed E-state index contributed by atoms with van der Waals surface area (Å²) >= 11 is 8.76. The molecule has 1 heterocycles. The molecule has 5 heteroatoms. The van der Waals surface area contributed by atoms with Gasteiger partial charge in [0.05, 0.1) is 10.4 Å². The molecule has 1 aromatic carbocycles. The van der Waals surface area contributed by atoms with Gasteiger partial charge in [-0.1, -0.05) is 24.3 Å². The number of ether oxygens (including phenoxy) is 1. The Morgan fingerprint density at radius 1 is 1.16 bits per heavy atom. The highest BCUT2D eigenvalue weighted by Gasteiger charge is 2.05. The van der Waals surface area contributed by atoms with Gasteiger partial charge in [0.1, 0.15) is 0 Å². The number of thiophene rings is 1. The van der Waals surface area contributed by atoms with Gasteiger partial charge in [-0.05, 0) is 49.1 Å². The van der Waals surface area contributed by atoms with Gasteiger partial charge in [-0.25, -0.2) is 0 Å². The number of halogens is 2. The van der Waals surface area contributed by atoms with Gasteiger partial charge in [-0.15, -0.1) is 11.3 Å². The largest absolute Gasteiger partial charge is 0.380 e. The van der Waals surface area contributed by atoms with E-state index in [4.69, 9.17) is 4.74 Å². The summed E-state index contributed by atoms with van der Waals surface area (Å²) in [6.07, 6.45) is 0. The summed E-state index contributed by atoms with van der Waals surface area (Å²) in [6.45, 7) is 2.39. The maximum absolute atomic E-state index is 5.21. The van der Waals surface area contributed by atoms with E-state index in [1.807, 2.05) is 6.07 Å². The summed E-state index contributed by atoms with van der Waals surface area (Å²) in [5.74, 6) is 0. The SMILES string of the molecule is COCc1ccccc1CNCc1cc(Br)c(Br)s1. The van der Waals surface area contributed by atoms with Crippen LogP contribution in [0.5, 0.6) is 0 Å². The lowest BCUT2D eigenvalue weighted by Crippen LogP contribution is -2.13. The van der Waals surface area contributed by atoms with Crippen LogP contribution in [0.1, 0.15) is 16.0 Å². The van der Waals surface area contributed by atoms with E-state index < -0.39 is 0 Å². The second kappa shape index (κ2) is 7.55. The first kappa shape index (κ1) is 15.2. The number of hydrogen-bond acceptors (Lipinski definition) is 3. The Kier molecular flexibility index (Phi) is 6.04. The van der Waals surface area contributed by atoms with E-state index in [1.54, 1.807) is 18.4 Å².